The van der Waals surface area contributed by atoms with Crippen LogP contribution >= 0.6 is 23.2 Å². The second-order valence-electron chi connectivity index (χ2n) is 5.19. The number of nitrogens with one attached hydrogen (secondary N) is 1. The van der Waals surface area contributed by atoms with Gasteiger partial charge < -0.3 is 10.4 Å². The third-order valence-corrected chi connectivity index (χ3v) is 4.07. The van der Waals surface area contributed by atoms with Crippen LogP contribution < -0.4 is 5.32 Å². The quantitative estimate of drug-likeness (QED) is 0.644. The number of halogens is 2. The lowest BCUT2D eigenvalue weighted by Crippen LogP contribution is -2.31. The predicted molar refractivity (Wildman–Crippen MR) is 91.8 cm³/mol. The third-order valence-electron chi connectivity index (χ3n) is 3.49. The largest absolute Gasteiger partial charge is 0.505 e. The summed E-state index contributed by atoms with van der Waals surface area (Å²) in [7, 11) is 0. The first-order chi connectivity index (χ1) is 11.5. The second-order valence-corrected chi connectivity index (χ2v) is 6.00. The van der Waals surface area contributed by atoms with Crippen LogP contribution in [0.25, 0.3) is 0 Å². The molecule has 5 nitrogen and oxygen atoms in total. The van der Waals surface area contributed by atoms with Crippen molar-refractivity contribution in [2.75, 3.05) is 5.32 Å². The number of amides is 2. The molecule has 7 heteroatoms. The molecule has 0 bridgehead atoms. The molecule has 1 aliphatic heterocycles. The van der Waals surface area contributed by atoms with Crippen LogP contribution in [-0.4, -0.2) is 21.8 Å². The van der Waals surface area contributed by atoms with Crippen molar-refractivity contribution in [2.45, 2.75) is 6.54 Å². The normalized spacial score (nSPS) is 14.1. The Morgan fingerprint density at radius 3 is 2.29 bits per heavy atom. The Bertz CT molecular complexity index is 827. The zero-order valence-electron chi connectivity index (χ0n) is 12.3. The summed E-state index contributed by atoms with van der Waals surface area (Å²) in [5.41, 5.74) is 1.37. The molecule has 0 radical (unpaired) electrons. The van der Waals surface area contributed by atoms with E-state index in [1.165, 1.54) is 18.2 Å². The van der Waals surface area contributed by atoms with Crippen molar-refractivity contribution < 1.29 is 14.7 Å². The van der Waals surface area contributed by atoms with Crippen LogP contribution in [0.2, 0.25) is 10.0 Å². The zero-order valence-corrected chi connectivity index (χ0v) is 13.8. The van der Waals surface area contributed by atoms with Gasteiger partial charge in [-0.25, -0.2) is 0 Å². The molecule has 0 atom stereocenters. The van der Waals surface area contributed by atoms with Gasteiger partial charge in [0, 0.05) is 11.8 Å². The van der Waals surface area contributed by atoms with Gasteiger partial charge in [0.05, 0.1) is 16.6 Å². The maximum atomic E-state index is 12.4. The molecule has 24 heavy (non-hydrogen) atoms. The number of anilines is 1. The van der Waals surface area contributed by atoms with Crippen molar-refractivity contribution in [3.63, 3.8) is 0 Å². The second kappa shape index (κ2) is 6.55. The first kappa shape index (κ1) is 16.4. The first-order valence-corrected chi connectivity index (χ1v) is 7.78. The molecule has 1 heterocycles. The highest BCUT2D eigenvalue weighted by atomic mass is 35.5. The highest BCUT2D eigenvalue weighted by Crippen LogP contribution is 2.35. The number of benzene rings is 2. The van der Waals surface area contributed by atoms with E-state index in [2.05, 4.69) is 5.32 Å². The summed E-state index contributed by atoms with van der Waals surface area (Å²) < 4.78 is 0. The van der Waals surface area contributed by atoms with E-state index in [0.717, 1.165) is 10.5 Å². The molecule has 0 aromatic heterocycles. The molecule has 2 aromatic rings. The Kier molecular flexibility index (Phi) is 4.46. The summed E-state index contributed by atoms with van der Waals surface area (Å²) in [6, 6.07) is 12.1. The lowest BCUT2D eigenvalue weighted by molar-refractivity contribution is -0.137. The number of rotatable bonds is 4. The molecular weight excluding hydrogens is 351 g/mol. The van der Waals surface area contributed by atoms with E-state index in [4.69, 9.17) is 23.2 Å². The summed E-state index contributed by atoms with van der Waals surface area (Å²) in [6.45, 7) is 0.192. The number of aromatic hydroxyl groups is 1. The van der Waals surface area contributed by atoms with Crippen LogP contribution in [0.1, 0.15) is 5.56 Å². The number of hydrogen-bond acceptors (Lipinski definition) is 4. The van der Waals surface area contributed by atoms with Crippen LogP contribution in [0, 0.1) is 0 Å². The van der Waals surface area contributed by atoms with E-state index in [1.54, 1.807) is 0 Å². The number of phenolic OH excluding ortho intramolecular Hbond substituents is 1. The van der Waals surface area contributed by atoms with Crippen LogP contribution in [0.5, 0.6) is 5.75 Å². The molecule has 3 rings (SSSR count). The topological polar surface area (TPSA) is 69.6 Å². The molecule has 0 saturated heterocycles. The molecule has 0 saturated carbocycles. The average Bonchev–Trinajstić information content (AvgIpc) is 2.81. The van der Waals surface area contributed by atoms with E-state index >= 15 is 0 Å². The highest BCUT2D eigenvalue weighted by molar-refractivity contribution is 6.37. The van der Waals surface area contributed by atoms with Crippen molar-refractivity contribution in [2.24, 2.45) is 0 Å². The van der Waals surface area contributed by atoms with Crippen LogP contribution in [0.4, 0.5) is 5.69 Å². The van der Waals surface area contributed by atoms with Gasteiger partial charge in [-0.15, -0.1) is 0 Å². The average molecular weight is 363 g/mol. The molecule has 2 aromatic carbocycles. The van der Waals surface area contributed by atoms with Crippen molar-refractivity contribution in [1.82, 2.24) is 4.90 Å². The molecule has 0 fully saturated rings. The van der Waals surface area contributed by atoms with Crippen LogP contribution in [0.15, 0.2) is 54.2 Å². The maximum absolute atomic E-state index is 12.4. The fraction of sp³-hybridized carbons (Fsp3) is 0.0588. The lowest BCUT2D eigenvalue weighted by Gasteiger charge is -2.15. The van der Waals surface area contributed by atoms with E-state index in [0.29, 0.717) is 5.69 Å². The van der Waals surface area contributed by atoms with Crippen LogP contribution in [0.3, 0.4) is 0 Å². The zero-order chi connectivity index (χ0) is 17.3. The fourth-order valence-corrected chi connectivity index (χ4v) is 2.79. The summed E-state index contributed by atoms with van der Waals surface area (Å²) in [6.07, 6.45) is 1.22. The molecule has 0 aliphatic carbocycles. The number of imide groups is 1. The van der Waals surface area contributed by atoms with Crippen LogP contribution in [-0.2, 0) is 16.1 Å². The van der Waals surface area contributed by atoms with Gasteiger partial charge in [-0.1, -0.05) is 53.5 Å². The maximum Gasteiger partial charge on any atom is 0.277 e. The third kappa shape index (κ3) is 3.22. The van der Waals surface area contributed by atoms with Gasteiger partial charge in [-0.05, 0) is 17.7 Å². The highest BCUT2D eigenvalue weighted by Gasteiger charge is 2.31. The van der Waals surface area contributed by atoms with E-state index in [9.17, 15) is 14.7 Å². The molecule has 122 valence electrons. The lowest BCUT2D eigenvalue weighted by atomic mass is 10.2. The predicted octanol–water partition coefficient (Wildman–Crippen LogP) is 3.56. The van der Waals surface area contributed by atoms with Gasteiger partial charge in [-0.2, -0.15) is 0 Å². The Hall–Kier alpha value is -2.50. The molecular formula is C17H12Cl2N2O3. The summed E-state index contributed by atoms with van der Waals surface area (Å²) in [5, 5.41) is 12.5. The Morgan fingerprint density at radius 2 is 1.67 bits per heavy atom. The Morgan fingerprint density at radius 1 is 1.04 bits per heavy atom. The number of nitrogens with zero attached hydrogens (tertiary/aromatic N) is 1. The van der Waals surface area contributed by atoms with Gasteiger partial charge in [0.2, 0.25) is 0 Å². The number of carbonyl (C=O) groups excluding carboxylic acids is 2. The number of hydrogen-bond donors (Lipinski definition) is 2. The number of carbonyl (C=O) groups is 2. The fourth-order valence-electron chi connectivity index (χ4n) is 2.31. The molecule has 1 aliphatic rings. The van der Waals surface area contributed by atoms with Crippen molar-refractivity contribution in [3.05, 3.63) is 69.8 Å². The smallest absolute Gasteiger partial charge is 0.277 e. The minimum Gasteiger partial charge on any atom is -0.505 e. The van der Waals surface area contributed by atoms with Gasteiger partial charge in [0.15, 0.2) is 5.75 Å². The monoisotopic (exact) mass is 362 g/mol. The first-order valence-electron chi connectivity index (χ1n) is 7.02. The molecule has 0 unspecified atom stereocenters. The van der Waals surface area contributed by atoms with E-state index in [1.807, 2.05) is 30.3 Å². The minimum absolute atomic E-state index is 0.0449. The van der Waals surface area contributed by atoms with Crippen molar-refractivity contribution >= 4 is 40.7 Å². The molecule has 0 spiro atoms. The molecule has 2 amide bonds. The SMILES string of the molecule is O=C1C=C(Nc2cc(Cl)c(O)c(Cl)c2)C(=O)N1Cc1ccccc1. The van der Waals surface area contributed by atoms with Gasteiger partial charge >= 0.3 is 0 Å². The van der Waals surface area contributed by atoms with Crippen molar-refractivity contribution in [3.8, 4) is 5.75 Å². The van der Waals surface area contributed by atoms with E-state index in [-0.39, 0.29) is 28.0 Å². The van der Waals surface area contributed by atoms with Gasteiger partial charge in [0.1, 0.15) is 5.70 Å². The standard InChI is InChI=1S/C17H12Cl2N2O3/c18-12-6-11(7-13(19)16(12)23)20-14-8-15(22)21(17(14)24)9-10-4-2-1-3-5-10/h1-8,20,23H,9H2. The van der Waals surface area contributed by atoms with Gasteiger partial charge in [0.25, 0.3) is 11.8 Å². The summed E-state index contributed by atoms with van der Waals surface area (Å²) in [5.74, 6) is -1.08. The van der Waals surface area contributed by atoms with Gasteiger partial charge in [-0.3, -0.25) is 14.5 Å². The number of phenols is 1. The summed E-state index contributed by atoms with van der Waals surface area (Å²) >= 11 is 11.7. The molecule has 2 N–H and O–H groups in total. The minimum atomic E-state index is -0.441. The van der Waals surface area contributed by atoms with E-state index < -0.39 is 11.8 Å². The van der Waals surface area contributed by atoms with Crippen molar-refractivity contribution in [1.29, 1.82) is 0 Å². The Balaban J connectivity index is 1.77. The summed E-state index contributed by atoms with van der Waals surface area (Å²) in [4.78, 5) is 25.6. The Labute approximate surface area is 148 Å².